The Morgan fingerprint density at radius 3 is 2.57 bits per heavy atom. The maximum atomic E-state index is 13.4. The molecule has 1 fully saturated rings. The lowest BCUT2D eigenvalue weighted by atomic mass is 9.85. The number of nitrogens with zero attached hydrogens (tertiary/aromatic N) is 2. The molecule has 2 N–H and O–H groups in total. The Hall–Kier alpha value is -2.81. The Kier molecular flexibility index (Phi) is 9.37. The number of hydrogen-bond acceptors (Lipinski definition) is 5. The van der Waals surface area contributed by atoms with Gasteiger partial charge in [-0.25, -0.2) is 4.79 Å². The van der Waals surface area contributed by atoms with Gasteiger partial charge in [-0.3, -0.25) is 9.59 Å². The molecule has 0 aromatic heterocycles. The van der Waals surface area contributed by atoms with Crippen LogP contribution in [0.25, 0.3) is 0 Å². The van der Waals surface area contributed by atoms with Gasteiger partial charge in [0.15, 0.2) is 0 Å². The van der Waals surface area contributed by atoms with E-state index in [1.807, 2.05) is 20.8 Å². The number of nitrogens with one attached hydrogen (secondary N) is 2. The molecular weight excluding hydrogens is 448 g/mol. The van der Waals surface area contributed by atoms with Gasteiger partial charge in [0.2, 0.25) is 5.91 Å². The molecule has 194 valence electrons. The molecule has 9 nitrogen and oxygen atoms in total. The van der Waals surface area contributed by atoms with Gasteiger partial charge < -0.3 is 29.9 Å². The lowest BCUT2D eigenvalue weighted by molar-refractivity contribution is -0.122. The van der Waals surface area contributed by atoms with Crippen LogP contribution in [-0.4, -0.2) is 80.2 Å². The van der Waals surface area contributed by atoms with Crippen molar-refractivity contribution in [2.45, 2.75) is 58.6 Å². The van der Waals surface area contributed by atoms with Gasteiger partial charge in [-0.15, -0.1) is 0 Å². The van der Waals surface area contributed by atoms with E-state index in [0.29, 0.717) is 36.6 Å². The van der Waals surface area contributed by atoms with E-state index in [9.17, 15) is 14.4 Å². The average Bonchev–Trinajstić information content (AvgIpc) is 2.80. The van der Waals surface area contributed by atoms with E-state index >= 15 is 0 Å². The van der Waals surface area contributed by atoms with Crippen molar-refractivity contribution in [2.75, 3.05) is 45.7 Å². The number of benzene rings is 1. The first-order valence-corrected chi connectivity index (χ1v) is 12.7. The highest BCUT2D eigenvalue weighted by atomic mass is 16.5. The van der Waals surface area contributed by atoms with Crippen LogP contribution >= 0.6 is 0 Å². The Bertz CT molecular complexity index is 904. The summed E-state index contributed by atoms with van der Waals surface area (Å²) in [5.74, 6) is 0.227. The van der Waals surface area contributed by atoms with Crippen molar-refractivity contribution in [3.63, 3.8) is 0 Å². The second-order valence-electron chi connectivity index (χ2n) is 9.81. The van der Waals surface area contributed by atoms with Crippen LogP contribution in [0.1, 0.15) is 56.8 Å². The van der Waals surface area contributed by atoms with Crippen LogP contribution in [0, 0.1) is 11.8 Å². The maximum absolute atomic E-state index is 13.4. The number of hydrogen-bond donors (Lipinski definition) is 2. The summed E-state index contributed by atoms with van der Waals surface area (Å²) < 4.78 is 11.8. The van der Waals surface area contributed by atoms with Gasteiger partial charge in [0, 0.05) is 51.3 Å². The fraction of sp³-hybridized carbons (Fsp3) is 0.654. The number of fused-ring (bicyclic) bond motifs is 1. The van der Waals surface area contributed by atoms with Crippen LogP contribution in [0.5, 0.6) is 5.75 Å². The number of amides is 4. The van der Waals surface area contributed by atoms with Gasteiger partial charge in [0.25, 0.3) is 5.91 Å². The topological polar surface area (TPSA) is 100 Å². The number of methoxy groups -OCH3 is 1. The minimum Gasteiger partial charge on any atom is -0.491 e. The molecule has 0 saturated heterocycles. The lowest BCUT2D eigenvalue weighted by Crippen LogP contribution is -2.51. The second kappa shape index (κ2) is 12.2. The third-order valence-corrected chi connectivity index (χ3v) is 6.98. The summed E-state index contributed by atoms with van der Waals surface area (Å²) in [6.45, 7) is 7.62. The fourth-order valence-corrected chi connectivity index (χ4v) is 4.39. The third-order valence-electron chi connectivity index (χ3n) is 6.98. The number of carbonyl (C=O) groups is 3. The highest BCUT2D eigenvalue weighted by Gasteiger charge is 2.31. The zero-order valence-electron chi connectivity index (χ0n) is 21.6. The summed E-state index contributed by atoms with van der Waals surface area (Å²) >= 11 is 0. The number of urea groups is 1. The molecule has 0 bridgehead atoms. The molecule has 1 aromatic rings. The summed E-state index contributed by atoms with van der Waals surface area (Å²) in [6.07, 6.45) is 3.46. The molecule has 0 radical (unpaired) electrons. The molecule has 0 spiro atoms. The van der Waals surface area contributed by atoms with Crippen molar-refractivity contribution in [3.8, 4) is 5.75 Å². The van der Waals surface area contributed by atoms with E-state index in [4.69, 9.17) is 9.47 Å². The molecule has 1 saturated carbocycles. The summed E-state index contributed by atoms with van der Waals surface area (Å²) in [7, 11) is 3.35. The largest absolute Gasteiger partial charge is 0.491 e. The molecule has 1 aliphatic heterocycles. The summed E-state index contributed by atoms with van der Waals surface area (Å²) in [5, 5.41) is 5.91. The molecule has 3 atom stereocenters. The summed E-state index contributed by atoms with van der Waals surface area (Å²) in [6, 6.07) is 4.78. The van der Waals surface area contributed by atoms with Crippen LogP contribution in [-0.2, 0) is 9.53 Å². The molecule has 9 heteroatoms. The van der Waals surface area contributed by atoms with Gasteiger partial charge in [-0.05, 0) is 44.4 Å². The van der Waals surface area contributed by atoms with Gasteiger partial charge in [-0.2, -0.15) is 0 Å². The molecule has 4 amide bonds. The van der Waals surface area contributed by atoms with E-state index in [1.165, 1.54) is 0 Å². The van der Waals surface area contributed by atoms with Crippen molar-refractivity contribution < 1.29 is 23.9 Å². The zero-order chi connectivity index (χ0) is 25.5. The molecule has 3 rings (SSSR count). The molecule has 0 unspecified atom stereocenters. The second-order valence-corrected chi connectivity index (χ2v) is 9.81. The summed E-state index contributed by atoms with van der Waals surface area (Å²) in [5.41, 5.74) is 0.944. The van der Waals surface area contributed by atoms with Crippen molar-refractivity contribution >= 4 is 23.5 Å². The Morgan fingerprint density at radius 2 is 1.94 bits per heavy atom. The number of carbonyl (C=O) groups excluding carboxylic acids is 3. The smallest absolute Gasteiger partial charge is 0.317 e. The van der Waals surface area contributed by atoms with Crippen LogP contribution in [0.2, 0.25) is 0 Å². The predicted molar refractivity (Wildman–Crippen MR) is 135 cm³/mol. The highest BCUT2D eigenvalue weighted by Crippen LogP contribution is 2.30. The molecule has 35 heavy (non-hydrogen) atoms. The van der Waals surface area contributed by atoms with E-state index in [1.54, 1.807) is 42.2 Å². The number of likely N-dealkylation sites (N-methyl/N-ethyl adjacent to an activating group) is 1. The lowest BCUT2D eigenvalue weighted by Gasteiger charge is -2.36. The SMILES string of the molecule is CCCNC(=O)N1C[C@@H](C)[C@H](OC)CN(C)C(=O)c2cc(NC(=O)C3CCC3)ccc2OC[C@H]1C. The minimum atomic E-state index is -0.261. The third kappa shape index (κ3) is 6.66. The Balaban J connectivity index is 1.89. The van der Waals surface area contributed by atoms with Crippen molar-refractivity contribution in [1.29, 1.82) is 0 Å². The molecule has 1 aromatic carbocycles. The number of ether oxygens (including phenoxy) is 2. The first-order chi connectivity index (χ1) is 16.7. The van der Waals surface area contributed by atoms with Crippen LogP contribution in [0.3, 0.4) is 0 Å². The quantitative estimate of drug-likeness (QED) is 0.662. The summed E-state index contributed by atoms with van der Waals surface area (Å²) in [4.78, 5) is 42.2. The number of anilines is 1. The number of rotatable bonds is 5. The first-order valence-electron chi connectivity index (χ1n) is 12.7. The zero-order valence-corrected chi connectivity index (χ0v) is 21.6. The van der Waals surface area contributed by atoms with Crippen LogP contribution in [0.4, 0.5) is 10.5 Å². The van der Waals surface area contributed by atoms with Crippen LogP contribution in [0.15, 0.2) is 18.2 Å². The maximum Gasteiger partial charge on any atom is 0.317 e. The average molecular weight is 489 g/mol. The van der Waals surface area contributed by atoms with E-state index < -0.39 is 0 Å². The van der Waals surface area contributed by atoms with E-state index in [-0.39, 0.29) is 48.4 Å². The van der Waals surface area contributed by atoms with Gasteiger partial charge >= 0.3 is 6.03 Å². The molecule has 2 aliphatic rings. The van der Waals surface area contributed by atoms with Crippen LogP contribution < -0.4 is 15.4 Å². The van der Waals surface area contributed by atoms with Crippen molar-refractivity contribution in [1.82, 2.24) is 15.1 Å². The minimum absolute atomic E-state index is 0.0123. The van der Waals surface area contributed by atoms with Gasteiger partial charge in [0.05, 0.1) is 17.7 Å². The van der Waals surface area contributed by atoms with Crippen molar-refractivity contribution in [2.24, 2.45) is 11.8 Å². The van der Waals surface area contributed by atoms with Gasteiger partial charge in [0.1, 0.15) is 12.4 Å². The van der Waals surface area contributed by atoms with E-state index in [0.717, 1.165) is 25.7 Å². The normalized spacial score (nSPS) is 23.8. The predicted octanol–water partition coefficient (Wildman–Crippen LogP) is 3.35. The molecule has 1 heterocycles. The van der Waals surface area contributed by atoms with E-state index in [2.05, 4.69) is 10.6 Å². The van der Waals surface area contributed by atoms with Crippen molar-refractivity contribution in [3.05, 3.63) is 23.8 Å². The Morgan fingerprint density at radius 1 is 1.20 bits per heavy atom. The Labute approximate surface area is 208 Å². The standard InChI is InChI=1S/C26H40N4O5/c1-6-12-27-26(33)30-14-17(2)23(34-5)15-29(4)25(32)21-13-20(28-24(31)19-8-7-9-19)10-11-22(21)35-16-18(30)3/h10-11,13,17-19,23H,6-9,12,14-16H2,1-5H3,(H,27,33)(H,28,31)/t17-,18-,23-/m1/s1. The molecular formula is C26H40N4O5. The molecule has 1 aliphatic carbocycles. The highest BCUT2D eigenvalue weighted by molar-refractivity contribution is 6.00. The van der Waals surface area contributed by atoms with Gasteiger partial charge in [-0.1, -0.05) is 20.3 Å². The fourth-order valence-electron chi connectivity index (χ4n) is 4.39. The first kappa shape index (κ1) is 26.8. The monoisotopic (exact) mass is 488 g/mol.